The molecule has 0 bridgehead atoms. The zero-order valence-corrected chi connectivity index (χ0v) is 10.9. The van der Waals surface area contributed by atoms with E-state index in [-0.39, 0.29) is 12.2 Å². The van der Waals surface area contributed by atoms with Crippen molar-refractivity contribution < 1.29 is 17.9 Å². The van der Waals surface area contributed by atoms with Crippen molar-refractivity contribution in [3.05, 3.63) is 36.5 Å². The second-order valence-electron chi connectivity index (χ2n) is 4.48. The van der Waals surface area contributed by atoms with E-state index in [4.69, 9.17) is 10.5 Å². The topological polar surface area (TPSA) is 48.1 Å². The first-order valence-corrected chi connectivity index (χ1v) is 6.26. The molecule has 0 saturated heterocycles. The standard InChI is InChI=1S/C14H15F3N2O/c1-2-10(18)13(14(15,16)17)20-12-7-3-6-11-9(12)5-4-8-19-11/h3-8,10,13H,2,18H2,1H3. The van der Waals surface area contributed by atoms with Crippen LogP contribution >= 0.6 is 0 Å². The number of rotatable bonds is 4. The van der Waals surface area contributed by atoms with Crippen LogP contribution in [-0.4, -0.2) is 23.3 Å². The summed E-state index contributed by atoms with van der Waals surface area (Å²) in [7, 11) is 0. The van der Waals surface area contributed by atoms with Crippen molar-refractivity contribution >= 4 is 10.9 Å². The number of aromatic nitrogens is 1. The minimum absolute atomic E-state index is 0.141. The number of benzene rings is 1. The van der Waals surface area contributed by atoms with E-state index in [0.717, 1.165) is 0 Å². The number of hydrogen-bond donors (Lipinski definition) is 1. The largest absolute Gasteiger partial charge is 0.479 e. The molecule has 6 heteroatoms. The lowest BCUT2D eigenvalue weighted by atomic mass is 10.1. The van der Waals surface area contributed by atoms with Gasteiger partial charge in [-0.2, -0.15) is 13.2 Å². The van der Waals surface area contributed by atoms with Crippen LogP contribution in [0.3, 0.4) is 0 Å². The average Bonchev–Trinajstić information content (AvgIpc) is 2.42. The van der Waals surface area contributed by atoms with E-state index in [1.807, 2.05) is 0 Å². The Kier molecular flexibility index (Phi) is 4.13. The summed E-state index contributed by atoms with van der Waals surface area (Å²) in [5.41, 5.74) is 6.11. The molecule has 2 rings (SSSR count). The maximum Gasteiger partial charge on any atom is 0.426 e. The fourth-order valence-electron chi connectivity index (χ4n) is 1.93. The molecule has 0 aliphatic carbocycles. The fraction of sp³-hybridized carbons (Fsp3) is 0.357. The molecule has 3 nitrogen and oxygen atoms in total. The number of fused-ring (bicyclic) bond motifs is 1. The molecule has 1 heterocycles. The predicted molar refractivity (Wildman–Crippen MR) is 70.5 cm³/mol. The molecule has 2 atom stereocenters. The van der Waals surface area contributed by atoms with Gasteiger partial charge < -0.3 is 10.5 Å². The number of hydrogen-bond acceptors (Lipinski definition) is 3. The smallest absolute Gasteiger partial charge is 0.426 e. The predicted octanol–water partition coefficient (Wildman–Crippen LogP) is 3.28. The van der Waals surface area contributed by atoms with E-state index in [0.29, 0.717) is 10.9 Å². The molecule has 0 amide bonds. The first-order valence-electron chi connectivity index (χ1n) is 6.26. The van der Waals surface area contributed by atoms with Crippen molar-refractivity contribution in [3.63, 3.8) is 0 Å². The first kappa shape index (κ1) is 14.6. The van der Waals surface area contributed by atoms with E-state index in [2.05, 4.69) is 4.98 Å². The Morgan fingerprint density at radius 3 is 2.65 bits per heavy atom. The molecule has 0 fully saturated rings. The van der Waals surface area contributed by atoms with Gasteiger partial charge in [-0.3, -0.25) is 4.98 Å². The van der Waals surface area contributed by atoms with Gasteiger partial charge in [-0.05, 0) is 30.7 Å². The third kappa shape index (κ3) is 3.01. The van der Waals surface area contributed by atoms with Gasteiger partial charge in [-0.15, -0.1) is 0 Å². The Hall–Kier alpha value is -1.82. The Morgan fingerprint density at radius 1 is 1.25 bits per heavy atom. The minimum Gasteiger partial charge on any atom is -0.479 e. The van der Waals surface area contributed by atoms with Gasteiger partial charge in [0.2, 0.25) is 6.10 Å². The maximum absolute atomic E-state index is 13.0. The van der Waals surface area contributed by atoms with Gasteiger partial charge in [0.25, 0.3) is 0 Å². The Morgan fingerprint density at radius 2 is 2.00 bits per heavy atom. The normalized spacial score (nSPS) is 15.1. The molecule has 0 aliphatic rings. The highest BCUT2D eigenvalue weighted by molar-refractivity contribution is 5.84. The lowest BCUT2D eigenvalue weighted by molar-refractivity contribution is -0.200. The van der Waals surface area contributed by atoms with Gasteiger partial charge in [0.05, 0.1) is 11.6 Å². The van der Waals surface area contributed by atoms with E-state index in [1.54, 1.807) is 37.4 Å². The molecule has 2 aromatic rings. The molecular formula is C14H15F3N2O. The molecule has 2 unspecified atom stereocenters. The third-order valence-corrected chi connectivity index (χ3v) is 3.04. The zero-order chi connectivity index (χ0) is 14.8. The SMILES string of the molecule is CCC(N)C(Oc1cccc2ncccc12)C(F)(F)F. The zero-order valence-electron chi connectivity index (χ0n) is 10.9. The molecule has 20 heavy (non-hydrogen) atoms. The maximum atomic E-state index is 13.0. The molecule has 0 spiro atoms. The van der Waals surface area contributed by atoms with E-state index in [1.165, 1.54) is 6.07 Å². The average molecular weight is 284 g/mol. The summed E-state index contributed by atoms with van der Waals surface area (Å²) < 4.78 is 44.2. The Bertz CT molecular complexity index is 581. The van der Waals surface area contributed by atoms with Crippen LogP contribution in [0.25, 0.3) is 10.9 Å². The summed E-state index contributed by atoms with van der Waals surface area (Å²) in [4.78, 5) is 4.08. The van der Waals surface area contributed by atoms with Crippen molar-refractivity contribution in [1.82, 2.24) is 4.98 Å². The molecule has 1 aromatic heterocycles. The lowest BCUT2D eigenvalue weighted by Gasteiger charge is -2.26. The van der Waals surface area contributed by atoms with Gasteiger partial charge in [-0.1, -0.05) is 13.0 Å². The van der Waals surface area contributed by atoms with Gasteiger partial charge in [0, 0.05) is 11.6 Å². The van der Waals surface area contributed by atoms with Crippen LogP contribution in [0.1, 0.15) is 13.3 Å². The van der Waals surface area contributed by atoms with Gasteiger partial charge in [0.1, 0.15) is 5.75 Å². The summed E-state index contributed by atoms with van der Waals surface area (Å²) >= 11 is 0. The van der Waals surface area contributed by atoms with Gasteiger partial charge in [-0.25, -0.2) is 0 Å². The van der Waals surface area contributed by atoms with Crippen LogP contribution in [0.2, 0.25) is 0 Å². The Balaban J connectivity index is 2.38. The summed E-state index contributed by atoms with van der Waals surface area (Å²) in [5, 5.41) is 0.535. The lowest BCUT2D eigenvalue weighted by Crippen LogP contribution is -2.48. The Labute approximate surface area is 114 Å². The second-order valence-corrected chi connectivity index (χ2v) is 4.48. The fourth-order valence-corrected chi connectivity index (χ4v) is 1.93. The summed E-state index contributed by atoms with van der Waals surface area (Å²) in [5.74, 6) is 0.141. The number of halogens is 3. The van der Waals surface area contributed by atoms with Crippen LogP contribution in [0, 0.1) is 0 Å². The van der Waals surface area contributed by atoms with Crippen molar-refractivity contribution in [2.24, 2.45) is 5.73 Å². The molecule has 108 valence electrons. The molecular weight excluding hydrogens is 269 g/mol. The van der Waals surface area contributed by atoms with Crippen molar-refractivity contribution in [2.45, 2.75) is 31.7 Å². The van der Waals surface area contributed by atoms with E-state index < -0.39 is 18.3 Å². The van der Waals surface area contributed by atoms with Crippen LogP contribution in [0.4, 0.5) is 13.2 Å². The molecule has 0 aliphatic heterocycles. The minimum atomic E-state index is -4.51. The number of alkyl halides is 3. The monoisotopic (exact) mass is 284 g/mol. The van der Waals surface area contributed by atoms with Crippen LogP contribution in [-0.2, 0) is 0 Å². The van der Waals surface area contributed by atoms with Crippen molar-refractivity contribution in [3.8, 4) is 5.75 Å². The van der Waals surface area contributed by atoms with Gasteiger partial charge in [0.15, 0.2) is 0 Å². The second kappa shape index (κ2) is 5.66. The van der Waals surface area contributed by atoms with Crippen molar-refractivity contribution in [2.75, 3.05) is 0 Å². The van der Waals surface area contributed by atoms with Crippen LogP contribution < -0.4 is 10.5 Å². The number of nitrogens with zero attached hydrogens (tertiary/aromatic N) is 1. The quantitative estimate of drug-likeness (QED) is 0.937. The highest BCUT2D eigenvalue weighted by atomic mass is 19.4. The van der Waals surface area contributed by atoms with E-state index >= 15 is 0 Å². The molecule has 2 N–H and O–H groups in total. The summed E-state index contributed by atoms with van der Waals surface area (Å²) in [6.45, 7) is 1.59. The summed E-state index contributed by atoms with van der Waals surface area (Å²) in [6, 6.07) is 7.02. The molecule has 0 saturated carbocycles. The number of ether oxygens (including phenoxy) is 1. The molecule has 0 radical (unpaired) electrons. The van der Waals surface area contributed by atoms with Gasteiger partial charge >= 0.3 is 6.18 Å². The highest BCUT2D eigenvalue weighted by Gasteiger charge is 2.45. The third-order valence-electron chi connectivity index (χ3n) is 3.04. The van der Waals surface area contributed by atoms with Crippen LogP contribution in [0.15, 0.2) is 36.5 Å². The van der Waals surface area contributed by atoms with Crippen molar-refractivity contribution in [1.29, 1.82) is 0 Å². The first-order chi connectivity index (χ1) is 9.43. The summed E-state index contributed by atoms with van der Waals surface area (Å²) in [6.07, 6.45) is -4.80. The number of pyridine rings is 1. The van der Waals surface area contributed by atoms with Crippen LogP contribution in [0.5, 0.6) is 5.75 Å². The molecule has 1 aromatic carbocycles. The highest BCUT2D eigenvalue weighted by Crippen LogP contribution is 2.31. The van der Waals surface area contributed by atoms with E-state index in [9.17, 15) is 13.2 Å². The number of nitrogens with two attached hydrogens (primary N) is 1.